The Hall–Kier alpha value is -0.830. The van der Waals surface area contributed by atoms with Gasteiger partial charge in [-0.1, -0.05) is 19.1 Å². The zero-order valence-electron chi connectivity index (χ0n) is 7.74. The molecule has 4 atom stereocenters. The van der Waals surface area contributed by atoms with Gasteiger partial charge in [-0.25, -0.2) is 0 Å². The van der Waals surface area contributed by atoms with Gasteiger partial charge >= 0.3 is 5.97 Å². The maximum atomic E-state index is 11.6. The Balaban J connectivity index is 2.20. The van der Waals surface area contributed by atoms with Crippen LogP contribution in [-0.2, 0) is 14.3 Å². The number of hydrogen-bond acceptors (Lipinski definition) is 3. The Kier molecular flexibility index (Phi) is 1.06. The zero-order valence-corrected chi connectivity index (χ0v) is 7.74. The molecular formula is C10H12O3. The first-order valence-corrected chi connectivity index (χ1v) is 4.60. The molecule has 0 radical (unpaired) electrons. The van der Waals surface area contributed by atoms with Crippen molar-refractivity contribution in [2.45, 2.75) is 26.1 Å². The van der Waals surface area contributed by atoms with E-state index in [0.29, 0.717) is 6.61 Å². The Morgan fingerprint density at radius 2 is 2.08 bits per heavy atom. The van der Waals surface area contributed by atoms with E-state index < -0.39 is 5.41 Å². The summed E-state index contributed by atoms with van der Waals surface area (Å²) in [6.45, 7) is 4.52. The third-order valence-electron chi connectivity index (χ3n) is 4.06. The molecule has 2 fully saturated rings. The van der Waals surface area contributed by atoms with Gasteiger partial charge in [0.2, 0.25) is 0 Å². The summed E-state index contributed by atoms with van der Waals surface area (Å²) in [5, 5.41) is 0. The summed E-state index contributed by atoms with van der Waals surface area (Å²) in [6, 6.07) is 0. The molecule has 0 N–H and O–H groups in total. The van der Waals surface area contributed by atoms with Crippen molar-refractivity contribution in [2.24, 2.45) is 10.8 Å². The Morgan fingerprint density at radius 1 is 1.38 bits per heavy atom. The molecule has 0 saturated carbocycles. The van der Waals surface area contributed by atoms with Gasteiger partial charge < -0.3 is 9.47 Å². The fraction of sp³-hybridized carbons (Fsp3) is 0.700. The summed E-state index contributed by atoms with van der Waals surface area (Å²) < 4.78 is 10.9. The lowest BCUT2D eigenvalue weighted by atomic mass is 9.62. The molecule has 3 heterocycles. The van der Waals surface area contributed by atoms with E-state index in [1.54, 1.807) is 0 Å². The number of ether oxygens (including phenoxy) is 2. The molecule has 0 aromatic carbocycles. The highest BCUT2D eigenvalue weighted by Crippen LogP contribution is 2.60. The second kappa shape index (κ2) is 1.82. The van der Waals surface area contributed by atoms with Crippen LogP contribution in [0.5, 0.6) is 0 Å². The highest BCUT2D eigenvalue weighted by Gasteiger charge is 2.70. The van der Waals surface area contributed by atoms with Crippen molar-refractivity contribution in [3.05, 3.63) is 12.2 Å². The van der Waals surface area contributed by atoms with Crippen LogP contribution in [0.15, 0.2) is 12.2 Å². The van der Waals surface area contributed by atoms with Crippen LogP contribution in [-0.4, -0.2) is 24.8 Å². The van der Waals surface area contributed by atoms with Crippen LogP contribution in [0.4, 0.5) is 0 Å². The van der Waals surface area contributed by atoms with Crippen molar-refractivity contribution < 1.29 is 14.3 Å². The predicted molar refractivity (Wildman–Crippen MR) is 45.0 cm³/mol. The molecule has 0 aliphatic carbocycles. The Morgan fingerprint density at radius 3 is 2.77 bits per heavy atom. The minimum Gasteiger partial charge on any atom is -0.464 e. The molecule has 2 bridgehead atoms. The second-order valence-electron chi connectivity index (χ2n) is 4.56. The number of hydrogen-bond donors (Lipinski definition) is 0. The summed E-state index contributed by atoms with van der Waals surface area (Å²) in [4.78, 5) is 11.6. The fourth-order valence-corrected chi connectivity index (χ4v) is 2.71. The summed E-state index contributed by atoms with van der Waals surface area (Å²) >= 11 is 0. The highest BCUT2D eigenvalue weighted by atomic mass is 16.6. The molecule has 13 heavy (non-hydrogen) atoms. The number of carbonyl (C=O) groups is 1. The lowest BCUT2D eigenvalue weighted by Crippen LogP contribution is -2.45. The van der Waals surface area contributed by atoms with E-state index in [-0.39, 0.29) is 23.6 Å². The van der Waals surface area contributed by atoms with Crippen LogP contribution in [0.25, 0.3) is 0 Å². The summed E-state index contributed by atoms with van der Waals surface area (Å²) in [5.41, 5.74) is -0.601. The lowest BCUT2D eigenvalue weighted by Gasteiger charge is -2.33. The predicted octanol–water partition coefficient (Wildman–Crippen LogP) is 0.893. The van der Waals surface area contributed by atoms with E-state index in [9.17, 15) is 4.79 Å². The molecule has 0 aromatic rings. The van der Waals surface area contributed by atoms with Gasteiger partial charge in [0.05, 0.1) is 17.6 Å². The maximum absolute atomic E-state index is 11.6. The van der Waals surface area contributed by atoms with Crippen LogP contribution >= 0.6 is 0 Å². The van der Waals surface area contributed by atoms with E-state index in [1.165, 1.54) is 0 Å². The first-order chi connectivity index (χ1) is 6.09. The molecule has 3 aliphatic heterocycles. The van der Waals surface area contributed by atoms with E-state index >= 15 is 0 Å². The largest absolute Gasteiger partial charge is 0.464 e. The summed E-state index contributed by atoms with van der Waals surface area (Å²) in [5.74, 6) is -0.105. The molecule has 4 unspecified atom stereocenters. The van der Waals surface area contributed by atoms with Gasteiger partial charge in [0.15, 0.2) is 0 Å². The molecule has 70 valence electrons. The molecule has 0 spiro atoms. The molecule has 3 rings (SSSR count). The van der Waals surface area contributed by atoms with Gasteiger partial charge in [0.1, 0.15) is 12.0 Å². The molecule has 3 nitrogen and oxygen atoms in total. The average molecular weight is 180 g/mol. The third kappa shape index (κ3) is 0.554. The number of fused-ring (bicyclic) bond motifs is 5. The minimum absolute atomic E-state index is 0.0638. The third-order valence-corrected chi connectivity index (χ3v) is 4.06. The topological polar surface area (TPSA) is 35.5 Å². The van der Waals surface area contributed by atoms with E-state index in [2.05, 4.69) is 6.92 Å². The van der Waals surface area contributed by atoms with Crippen LogP contribution in [0.1, 0.15) is 13.8 Å². The van der Waals surface area contributed by atoms with Crippen LogP contribution < -0.4 is 0 Å². The standard InChI is InChI=1S/C10H12O3/c1-9-5-12-8(11)10(9,2)7-4-3-6(9)13-7/h3-4,6-7H,5H2,1-2H3. The molecular weight excluding hydrogens is 168 g/mol. The summed E-state index contributed by atoms with van der Waals surface area (Å²) in [6.07, 6.45) is 4.03. The van der Waals surface area contributed by atoms with Gasteiger partial charge in [0, 0.05) is 0 Å². The van der Waals surface area contributed by atoms with Crippen molar-refractivity contribution >= 4 is 5.97 Å². The lowest BCUT2D eigenvalue weighted by molar-refractivity contribution is -0.148. The van der Waals surface area contributed by atoms with Gasteiger partial charge in [-0.2, -0.15) is 0 Å². The smallest absolute Gasteiger partial charge is 0.315 e. The van der Waals surface area contributed by atoms with Gasteiger partial charge in [0.25, 0.3) is 0 Å². The van der Waals surface area contributed by atoms with Crippen LogP contribution in [0.3, 0.4) is 0 Å². The monoisotopic (exact) mass is 180 g/mol. The van der Waals surface area contributed by atoms with Crippen LogP contribution in [0, 0.1) is 10.8 Å². The highest BCUT2D eigenvalue weighted by molar-refractivity contribution is 5.82. The molecule has 2 saturated heterocycles. The van der Waals surface area contributed by atoms with E-state index in [0.717, 1.165) is 0 Å². The van der Waals surface area contributed by atoms with E-state index in [1.807, 2.05) is 19.1 Å². The van der Waals surface area contributed by atoms with Gasteiger partial charge in [-0.05, 0) is 6.92 Å². The fourth-order valence-electron chi connectivity index (χ4n) is 2.71. The van der Waals surface area contributed by atoms with Crippen LogP contribution in [0.2, 0.25) is 0 Å². The van der Waals surface area contributed by atoms with Crippen molar-refractivity contribution in [1.82, 2.24) is 0 Å². The van der Waals surface area contributed by atoms with Gasteiger partial charge in [-0.15, -0.1) is 0 Å². The molecule has 3 heteroatoms. The minimum atomic E-state index is -0.452. The number of esters is 1. The van der Waals surface area contributed by atoms with Crippen molar-refractivity contribution in [3.63, 3.8) is 0 Å². The molecule has 0 amide bonds. The second-order valence-corrected chi connectivity index (χ2v) is 4.56. The molecule has 0 aromatic heterocycles. The zero-order chi connectivity index (χ0) is 9.27. The molecule has 3 aliphatic rings. The number of carbonyl (C=O) groups excluding carboxylic acids is 1. The van der Waals surface area contributed by atoms with Crippen molar-refractivity contribution in [1.29, 1.82) is 0 Å². The van der Waals surface area contributed by atoms with Crippen molar-refractivity contribution in [2.75, 3.05) is 6.61 Å². The summed E-state index contributed by atoms with van der Waals surface area (Å²) in [7, 11) is 0. The first-order valence-electron chi connectivity index (χ1n) is 4.60. The Labute approximate surface area is 76.7 Å². The van der Waals surface area contributed by atoms with Crippen molar-refractivity contribution in [3.8, 4) is 0 Å². The number of rotatable bonds is 0. The number of cyclic esters (lactones) is 1. The quantitative estimate of drug-likeness (QED) is 0.410. The van der Waals surface area contributed by atoms with E-state index in [4.69, 9.17) is 9.47 Å². The first kappa shape index (κ1) is 7.56. The normalized spacial score (nSPS) is 56.9. The Bertz CT molecular complexity index is 322. The van der Waals surface area contributed by atoms with Gasteiger partial charge in [-0.3, -0.25) is 4.79 Å². The average Bonchev–Trinajstić information content (AvgIpc) is 2.70. The SMILES string of the molecule is CC12COC(=O)C1(C)C1C=CC2O1. The maximum Gasteiger partial charge on any atom is 0.315 e.